The van der Waals surface area contributed by atoms with Crippen molar-refractivity contribution in [1.82, 2.24) is 19.5 Å². The van der Waals surface area contributed by atoms with Gasteiger partial charge in [0.2, 0.25) is 0 Å². The number of halogens is 1. The number of carbonyl (C=O) groups is 1. The van der Waals surface area contributed by atoms with Gasteiger partial charge in [-0.05, 0) is 59.3 Å². The molecule has 3 heterocycles. The molecule has 1 amide bonds. The monoisotopic (exact) mass is 438 g/mol. The molecule has 0 aliphatic carbocycles. The van der Waals surface area contributed by atoms with E-state index >= 15 is 0 Å². The van der Waals surface area contributed by atoms with Crippen LogP contribution in [0.4, 0.5) is 17.2 Å². The molecule has 1 aromatic carbocycles. The normalized spacial score (nSPS) is 10.6. The summed E-state index contributed by atoms with van der Waals surface area (Å²) in [5.41, 5.74) is 1.48. The summed E-state index contributed by atoms with van der Waals surface area (Å²) >= 11 is 3.18. The number of benzene rings is 1. The number of nitrogens with zero attached hydrogens (tertiary/aromatic N) is 4. The van der Waals surface area contributed by atoms with Gasteiger partial charge in [-0.15, -0.1) is 0 Å². The van der Waals surface area contributed by atoms with Crippen LogP contribution in [0.25, 0.3) is 5.82 Å². The molecule has 0 atom stereocenters. The molecule has 0 saturated carbocycles. The SMILES string of the molecule is Cc1nccn1-c1cc(Nc2ccc(NC(=O)c3ccc(Br)o3)cc2)ncn1. The first-order valence-electron chi connectivity index (χ1n) is 8.34. The minimum absolute atomic E-state index is 0.234. The predicted octanol–water partition coefficient (Wildman–Crippen LogP) is 4.32. The van der Waals surface area contributed by atoms with E-state index in [1.807, 2.05) is 35.9 Å². The van der Waals surface area contributed by atoms with Crippen LogP contribution in [-0.2, 0) is 0 Å². The number of hydrogen-bond acceptors (Lipinski definition) is 6. The molecule has 0 saturated heterocycles. The highest BCUT2D eigenvalue weighted by atomic mass is 79.9. The van der Waals surface area contributed by atoms with E-state index in [0.717, 1.165) is 17.3 Å². The maximum Gasteiger partial charge on any atom is 0.291 e. The molecule has 4 rings (SSSR count). The molecule has 4 aromatic rings. The predicted molar refractivity (Wildman–Crippen MR) is 108 cm³/mol. The number of anilines is 3. The second-order valence-corrected chi connectivity index (χ2v) is 6.65. The van der Waals surface area contributed by atoms with Gasteiger partial charge in [0, 0.05) is 29.8 Å². The molecule has 0 unspecified atom stereocenters. The maximum absolute atomic E-state index is 12.1. The number of aryl methyl sites for hydroxylation is 1. The van der Waals surface area contributed by atoms with Gasteiger partial charge < -0.3 is 15.1 Å². The molecular weight excluding hydrogens is 424 g/mol. The highest BCUT2D eigenvalue weighted by Gasteiger charge is 2.10. The van der Waals surface area contributed by atoms with Crippen LogP contribution < -0.4 is 10.6 Å². The Morgan fingerprint density at radius 2 is 1.86 bits per heavy atom. The molecule has 0 bridgehead atoms. The number of amides is 1. The standard InChI is InChI=1S/C19H15BrN6O2/c1-12-21-8-9-26(12)18-10-17(22-11-23-18)24-13-2-4-14(5-3-13)25-19(27)15-6-7-16(20)28-15/h2-11H,1H3,(H,25,27)(H,22,23,24). The average Bonchev–Trinajstić information content (AvgIpc) is 3.32. The van der Waals surface area contributed by atoms with E-state index in [1.54, 1.807) is 30.5 Å². The van der Waals surface area contributed by atoms with Crippen molar-refractivity contribution < 1.29 is 9.21 Å². The van der Waals surface area contributed by atoms with Gasteiger partial charge in [0.25, 0.3) is 5.91 Å². The summed E-state index contributed by atoms with van der Waals surface area (Å²) in [6, 6.07) is 12.4. The van der Waals surface area contributed by atoms with Crippen molar-refractivity contribution in [1.29, 1.82) is 0 Å². The molecule has 2 N–H and O–H groups in total. The first kappa shape index (κ1) is 17.9. The van der Waals surface area contributed by atoms with Gasteiger partial charge in [0.05, 0.1) is 0 Å². The largest absolute Gasteiger partial charge is 0.444 e. The van der Waals surface area contributed by atoms with E-state index < -0.39 is 0 Å². The fourth-order valence-corrected chi connectivity index (χ4v) is 2.89. The summed E-state index contributed by atoms with van der Waals surface area (Å²) < 4.78 is 7.62. The van der Waals surface area contributed by atoms with E-state index in [9.17, 15) is 4.79 Å². The Morgan fingerprint density at radius 3 is 2.54 bits per heavy atom. The Hall–Kier alpha value is -3.46. The van der Waals surface area contributed by atoms with Gasteiger partial charge in [-0.25, -0.2) is 15.0 Å². The minimum Gasteiger partial charge on any atom is -0.444 e. The van der Waals surface area contributed by atoms with Crippen molar-refractivity contribution >= 4 is 39.0 Å². The van der Waals surface area contributed by atoms with E-state index in [1.165, 1.54) is 6.33 Å². The van der Waals surface area contributed by atoms with Crippen LogP contribution in [0.1, 0.15) is 16.4 Å². The highest BCUT2D eigenvalue weighted by Crippen LogP contribution is 2.20. The fraction of sp³-hybridized carbons (Fsp3) is 0.0526. The van der Waals surface area contributed by atoms with Crippen molar-refractivity contribution in [2.45, 2.75) is 6.92 Å². The third kappa shape index (κ3) is 3.94. The highest BCUT2D eigenvalue weighted by molar-refractivity contribution is 9.10. The molecular formula is C19H15BrN6O2. The van der Waals surface area contributed by atoms with Gasteiger partial charge in [-0.3, -0.25) is 9.36 Å². The Labute approximate surface area is 168 Å². The summed E-state index contributed by atoms with van der Waals surface area (Å²) in [5, 5.41) is 6.00. The fourth-order valence-electron chi connectivity index (χ4n) is 2.58. The third-order valence-electron chi connectivity index (χ3n) is 3.94. The molecule has 28 heavy (non-hydrogen) atoms. The molecule has 140 valence electrons. The molecule has 0 aliphatic rings. The van der Waals surface area contributed by atoms with Crippen molar-refractivity contribution in [3.63, 3.8) is 0 Å². The zero-order valence-electron chi connectivity index (χ0n) is 14.8. The number of aromatic nitrogens is 4. The summed E-state index contributed by atoms with van der Waals surface area (Å²) in [6.45, 7) is 1.91. The second-order valence-electron chi connectivity index (χ2n) is 5.87. The zero-order chi connectivity index (χ0) is 19.5. The third-order valence-corrected chi connectivity index (χ3v) is 4.36. The van der Waals surface area contributed by atoms with E-state index in [2.05, 4.69) is 41.5 Å². The minimum atomic E-state index is -0.317. The molecule has 9 heteroatoms. The Morgan fingerprint density at radius 1 is 1.07 bits per heavy atom. The van der Waals surface area contributed by atoms with Crippen LogP contribution >= 0.6 is 15.9 Å². The quantitative estimate of drug-likeness (QED) is 0.481. The average molecular weight is 439 g/mol. The maximum atomic E-state index is 12.1. The van der Waals surface area contributed by atoms with Gasteiger partial charge in [-0.1, -0.05) is 0 Å². The molecule has 0 aliphatic heterocycles. The van der Waals surface area contributed by atoms with Crippen LogP contribution in [0.2, 0.25) is 0 Å². The smallest absolute Gasteiger partial charge is 0.291 e. The number of carbonyl (C=O) groups excluding carboxylic acids is 1. The number of furan rings is 1. The van der Waals surface area contributed by atoms with Crippen LogP contribution in [-0.4, -0.2) is 25.4 Å². The van der Waals surface area contributed by atoms with Gasteiger partial charge in [0.15, 0.2) is 10.4 Å². The van der Waals surface area contributed by atoms with Crippen molar-refractivity contribution in [3.05, 3.63) is 77.4 Å². The summed E-state index contributed by atoms with van der Waals surface area (Å²) in [6.07, 6.45) is 5.06. The van der Waals surface area contributed by atoms with Crippen LogP contribution in [0, 0.1) is 6.92 Å². The number of rotatable bonds is 5. The van der Waals surface area contributed by atoms with E-state index in [-0.39, 0.29) is 11.7 Å². The zero-order valence-corrected chi connectivity index (χ0v) is 16.3. The van der Waals surface area contributed by atoms with Crippen LogP contribution in [0.3, 0.4) is 0 Å². The number of nitrogens with one attached hydrogen (secondary N) is 2. The molecule has 0 spiro atoms. The topological polar surface area (TPSA) is 97.9 Å². The van der Waals surface area contributed by atoms with Crippen molar-refractivity contribution in [3.8, 4) is 5.82 Å². The first-order chi connectivity index (χ1) is 13.6. The molecule has 3 aromatic heterocycles. The lowest BCUT2D eigenvalue weighted by Gasteiger charge is -2.09. The van der Waals surface area contributed by atoms with Gasteiger partial charge in [-0.2, -0.15) is 0 Å². The molecule has 0 radical (unpaired) electrons. The van der Waals surface area contributed by atoms with Crippen LogP contribution in [0.15, 0.2) is 70.3 Å². The lowest BCUT2D eigenvalue weighted by Crippen LogP contribution is -2.10. The number of imidazole rings is 1. The molecule has 0 fully saturated rings. The van der Waals surface area contributed by atoms with Crippen LogP contribution in [0.5, 0.6) is 0 Å². The second kappa shape index (κ2) is 7.65. The lowest BCUT2D eigenvalue weighted by molar-refractivity contribution is 0.0995. The van der Waals surface area contributed by atoms with E-state index in [4.69, 9.17) is 4.42 Å². The van der Waals surface area contributed by atoms with E-state index in [0.29, 0.717) is 16.2 Å². The Kier molecular flexibility index (Phi) is 4.90. The molecule has 8 nitrogen and oxygen atoms in total. The summed E-state index contributed by atoms with van der Waals surface area (Å²) in [5.74, 6) is 2.13. The van der Waals surface area contributed by atoms with Gasteiger partial charge >= 0.3 is 0 Å². The summed E-state index contributed by atoms with van der Waals surface area (Å²) in [7, 11) is 0. The summed E-state index contributed by atoms with van der Waals surface area (Å²) in [4.78, 5) is 24.8. The van der Waals surface area contributed by atoms with Crippen molar-refractivity contribution in [2.24, 2.45) is 0 Å². The first-order valence-corrected chi connectivity index (χ1v) is 9.14. The lowest BCUT2D eigenvalue weighted by atomic mass is 10.2. The Balaban J connectivity index is 1.45. The van der Waals surface area contributed by atoms with Crippen molar-refractivity contribution in [2.75, 3.05) is 10.6 Å². The number of hydrogen-bond donors (Lipinski definition) is 2. The van der Waals surface area contributed by atoms with Gasteiger partial charge in [0.1, 0.15) is 23.8 Å². The Bertz CT molecular complexity index is 1120.